The Morgan fingerprint density at radius 3 is 1.98 bits per heavy atom. The summed E-state index contributed by atoms with van der Waals surface area (Å²) in [6, 6.07) is 4.40. The molecule has 11 heteroatoms. The van der Waals surface area contributed by atoms with Crippen LogP contribution in [0.2, 0.25) is 0 Å². The second-order valence-corrected chi connectivity index (χ2v) is 12.5. The van der Waals surface area contributed by atoms with Crippen molar-refractivity contribution in [2.24, 2.45) is 35.3 Å². The van der Waals surface area contributed by atoms with Crippen LogP contribution in [0, 0.1) is 29.6 Å². The lowest BCUT2D eigenvalue weighted by Gasteiger charge is -2.27. The van der Waals surface area contributed by atoms with Crippen molar-refractivity contribution >= 4 is 35.4 Å². The highest BCUT2D eigenvalue weighted by Gasteiger charge is 2.30. The summed E-state index contributed by atoms with van der Waals surface area (Å²) in [5.74, 6) is -1.21. The maximum Gasteiger partial charge on any atom is 0.312 e. The molecule has 0 aromatic heterocycles. The Balaban J connectivity index is 2.94. The Labute approximate surface area is 256 Å². The van der Waals surface area contributed by atoms with E-state index in [0.717, 1.165) is 12.0 Å². The Morgan fingerprint density at radius 1 is 0.814 bits per heavy atom. The lowest BCUT2D eigenvalue weighted by atomic mass is 9.89. The minimum Gasteiger partial charge on any atom is -0.461 e. The second kappa shape index (κ2) is 18.8. The van der Waals surface area contributed by atoms with Gasteiger partial charge in [0.05, 0.1) is 5.92 Å². The van der Waals surface area contributed by atoms with E-state index in [-0.39, 0.29) is 49.2 Å². The number of ether oxygens (including phenoxy) is 1. The number of amides is 5. The summed E-state index contributed by atoms with van der Waals surface area (Å²) in [5, 5.41) is 11.0. The van der Waals surface area contributed by atoms with Gasteiger partial charge in [-0.25, -0.2) is 4.79 Å². The highest BCUT2D eigenvalue weighted by molar-refractivity contribution is 5.98. The lowest BCUT2D eigenvalue weighted by Crippen LogP contribution is -2.55. The van der Waals surface area contributed by atoms with Gasteiger partial charge in [0, 0.05) is 18.2 Å². The predicted octanol–water partition coefficient (Wildman–Crippen LogP) is 4.11. The van der Waals surface area contributed by atoms with Gasteiger partial charge in [0.15, 0.2) is 0 Å². The van der Waals surface area contributed by atoms with E-state index in [9.17, 15) is 24.0 Å². The van der Waals surface area contributed by atoms with Gasteiger partial charge in [-0.3, -0.25) is 19.2 Å². The van der Waals surface area contributed by atoms with Crippen LogP contribution in [0.15, 0.2) is 24.3 Å². The Hall–Kier alpha value is -3.63. The third-order valence-electron chi connectivity index (χ3n) is 7.00. The first-order valence-electron chi connectivity index (χ1n) is 15.3. The van der Waals surface area contributed by atoms with Crippen molar-refractivity contribution in [1.29, 1.82) is 0 Å². The summed E-state index contributed by atoms with van der Waals surface area (Å²) in [7, 11) is 0. The first-order chi connectivity index (χ1) is 20.1. The third kappa shape index (κ3) is 14.9. The first-order valence-corrected chi connectivity index (χ1v) is 15.3. The Bertz CT molecular complexity index is 1060. The molecular formula is C32H53N5O6. The minimum atomic E-state index is -0.935. The summed E-state index contributed by atoms with van der Waals surface area (Å²) < 4.78 is 5.24. The molecule has 0 saturated carbocycles. The van der Waals surface area contributed by atoms with Crippen LogP contribution in [0.4, 0.5) is 10.5 Å². The van der Waals surface area contributed by atoms with Crippen LogP contribution >= 0.6 is 0 Å². The molecule has 5 amide bonds. The number of benzene rings is 1. The fourth-order valence-electron chi connectivity index (χ4n) is 4.72. The number of esters is 1. The number of nitrogens with one attached hydrogen (secondary N) is 4. The van der Waals surface area contributed by atoms with Gasteiger partial charge in [0.25, 0.3) is 0 Å². The van der Waals surface area contributed by atoms with Gasteiger partial charge in [0.1, 0.15) is 18.7 Å². The molecule has 1 rings (SSSR count). The average molecular weight is 604 g/mol. The quantitative estimate of drug-likeness (QED) is 0.125. The molecule has 1 aromatic rings. The van der Waals surface area contributed by atoms with Gasteiger partial charge in [-0.2, -0.15) is 0 Å². The fourth-order valence-corrected chi connectivity index (χ4v) is 4.72. The molecule has 0 aliphatic rings. The number of carbonyl (C=O) groups is 5. The van der Waals surface area contributed by atoms with Crippen LogP contribution in [0.5, 0.6) is 0 Å². The molecule has 1 aromatic carbocycles. The van der Waals surface area contributed by atoms with E-state index in [2.05, 4.69) is 42.0 Å². The molecule has 0 bridgehead atoms. The van der Waals surface area contributed by atoms with Gasteiger partial charge < -0.3 is 31.7 Å². The molecule has 0 aliphatic heterocycles. The van der Waals surface area contributed by atoms with E-state index in [1.54, 1.807) is 38.1 Å². The maximum atomic E-state index is 13.4. The molecule has 0 fully saturated rings. The molecule has 6 N–H and O–H groups in total. The highest BCUT2D eigenvalue weighted by atomic mass is 16.5. The van der Waals surface area contributed by atoms with Crippen molar-refractivity contribution in [2.45, 2.75) is 99.8 Å². The number of hydrogen-bond donors (Lipinski definition) is 5. The number of nitrogens with two attached hydrogens (primary N) is 1. The standard InChI is InChI=1S/C32H53N5O6/c1-19(2)16-22(7)17-23(8)28(38)37-27(20(3)4)30(40)36-26(10-9-15-34-32(33)42)29(39)35-25-13-11-24(12-14-25)18-43-31(41)21(5)6/h11-14,19-23,26-27H,9-10,15-18H2,1-8H3,(H,35,39)(H,36,40)(H,37,38)(H3,33,34,42)/t22?,23?,26-,27?/m0/s1. The van der Waals surface area contributed by atoms with Crippen LogP contribution in [0.1, 0.15) is 86.6 Å². The van der Waals surface area contributed by atoms with Gasteiger partial charge in [-0.1, -0.05) is 67.5 Å². The van der Waals surface area contributed by atoms with Crippen LogP contribution < -0.4 is 27.0 Å². The Morgan fingerprint density at radius 2 is 1.44 bits per heavy atom. The molecule has 0 saturated heterocycles. The molecule has 4 atom stereocenters. The monoisotopic (exact) mass is 603 g/mol. The topological polar surface area (TPSA) is 169 Å². The number of urea groups is 1. The summed E-state index contributed by atoms with van der Waals surface area (Å²) in [4.78, 5) is 62.5. The summed E-state index contributed by atoms with van der Waals surface area (Å²) in [6.45, 7) is 15.8. The van der Waals surface area contributed by atoms with Crippen LogP contribution in [-0.4, -0.2) is 48.4 Å². The molecule has 0 aliphatic carbocycles. The zero-order valence-corrected chi connectivity index (χ0v) is 27.1. The number of rotatable bonds is 18. The number of carbonyl (C=O) groups excluding carboxylic acids is 5. The molecular weight excluding hydrogens is 550 g/mol. The molecule has 0 spiro atoms. The van der Waals surface area contributed by atoms with Crippen LogP contribution in [-0.2, 0) is 30.5 Å². The van der Waals surface area contributed by atoms with E-state index in [1.165, 1.54) is 0 Å². The molecule has 43 heavy (non-hydrogen) atoms. The van der Waals surface area contributed by atoms with Crippen molar-refractivity contribution < 1.29 is 28.7 Å². The average Bonchev–Trinajstić information content (AvgIpc) is 2.91. The number of primary amides is 1. The third-order valence-corrected chi connectivity index (χ3v) is 7.00. The lowest BCUT2D eigenvalue weighted by molar-refractivity contribution is -0.148. The van der Waals surface area contributed by atoms with E-state index in [1.807, 2.05) is 20.8 Å². The normalized spacial score (nSPS) is 14.0. The number of hydrogen-bond acceptors (Lipinski definition) is 6. The number of anilines is 1. The Kier molecular flexibility index (Phi) is 16.4. The smallest absolute Gasteiger partial charge is 0.312 e. The second-order valence-electron chi connectivity index (χ2n) is 12.5. The largest absolute Gasteiger partial charge is 0.461 e. The van der Waals surface area contributed by atoms with Crippen molar-refractivity contribution in [3.63, 3.8) is 0 Å². The van der Waals surface area contributed by atoms with E-state index < -0.39 is 29.9 Å². The fraction of sp³-hybridized carbons (Fsp3) is 0.656. The van der Waals surface area contributed by atoms with Gasteiger partial charge in [-0.15, -0.1) is 0 Å². The van der Waals surface area contributed by atoms with E-state index in [4.69, 9.17) is 10.5 Å². The van der Waals surface area contributed by atoms with E-state index in [0.29, 0.717) is 30.4 Å². The maximum absolute atomic E-state index is 13.4. The predicted molar refractivity (Wildman–Crippen MR) is 168 cm³/mol. The van der Waals surface area contributed by atoms with Crippen LogP contribution in [0.25, 0.3) is 0 Å². The zero-order valence-electron chi connectivity index (χ0n) is 27.1. The minimum absolute atomic E-state index is 0.119. The van der Waals surface area contributed by atoms with Crippen LogP contribution in [0.3, 0.4) is 0 Å². The first kappa shape index (κ1) is 37.4. The van der Waals surface area contributed by atoms with Crippen molar-refractivity contribution in [2.75, 3.05) is 11.9 Å². The van der Waals surface area contributed by atoms with Gasteiger partial charge in [0.2, 0.25) is 17.7 Å². The SMILES string of the molecule is CC(C)CC(C)CC(C)C(=O)NC(C(=O)N[C@@H](CCCNC(N)=O)C(=O)Nc1ccc(COC(=O)C(C)C)cc1)C(C)C. The summed E-state index contributed by atoms with van der Waals surface area (Å²) >= 11 is 0. The molecule has 242 valence electrons. The van der Waals surface area contributed by atoms with Gasteiger partial charge in [-0.05, 0) is 61.1 Å². The van der Waals surface area contributed by atoms with Crippen molar-refractivity contribution in [3.05, 3.63) is 29.8 Å². The van der Waals surface area contributed by atoms with E-state index >= 15 is 0 Å². The highest BCUT2D eigenvalue weighted by Crippen LogP contribution is 2.20. The zero-order chi connectivity index (χ0) is 32.7. The summed E-state index contributed by atoms with van der Waals surface area (Å²) in [6.07, 6.45) is 2.34. The molecule has 0 heterocycles. The van der Waals surface area contributed by atoms with Crippen molar-refractivity contribution in [3.8, 4) is 0 Å². The van der Waals surface area contributed by atoms with Crippen molar-refractivity contribution in [1.82, 2.24) is 16.0 Å². The van der Waals surface area contributed by atoms with Gasteiger partial charge >= 0.3 is 12.0 Å². The molecule has 0 radical (unpaired) electrons. The molecule has 11 nitrogen and oxygen atoms in total. The molecule has 3 unspecified atom stereocenters. The summed E-state index contributed by atoms with van der Waals surface area (Å²) in [5.41, 5.74) is 6.41.